The highest BCUT2D eigenvalue weighted by atomic mass is 16.6. The Morgan fingerprint density at radius 1 is 1.29 bits per heavy atom. The Hall–Kier alpha value is -2.21. The first-order chi connectivity index (χ1) is 10.3. The lowest BCUT2D eigenvalue weighted by atomic mass is 10.1. The zero-order valence-electron chi connectivity index (χ0n) is 11.7. The number of hydrogen-bond acceptors (Lipinski definition) is 5. The molecule has 1 aromatic heterocycles. The summed E-state index contributed by atoms with van der Waals surface area (Å²) in [5, 5.41) is 18.8. The van der Waals surface area contributed by atoms with Crippen LogP contribution in [0, 0.1) is 10.1 Å². The predicted octanol–water partition coefficient (Wildman–Crippen LogP) is 2.70. The highest BCUT2D eigenvalue weighted by molar-refractivity contribution is 5.94. The smallest absolute Gasteiger partial charge is 0.301 e. The number of aromatic nitrogens is 1. The van der Waals surface area contributed by atoms with Crippen LogP contribution in [0.3, 0.4) is 0 Å². The summed E-state index contributed by atoms with van der Waals surface area (Å²) in [5.74, 6) is 0. The minimum absolute atomic E-state index is 0.123. The summed E-state index contributed by atoms with van der Waals surface area (Å²) < 4.78 is 0. The molecule has 0 bridgehead atoms. The molecule has 1 fully saturated rings. The first-order valence-electron chi connectivity index (χ1n) is 7.25. The van der Waals surface area contributed by atoms with E-state index in [-0.39, 0.29) is 16.7 Å². The lowest BCUT2D eigenvalue weighted by Crippen LogP contribution is -2.22. The van der Waals surface area contributed by atoms with Gasteiger partial charge in [-0.25, -0.2) is 0 Å². The molecule has 6 nitrogen and oxygen atoms in total. The van der Waals surface area contributed by atoms with E-state index >= 15 is 0 Å². The van der Waals surface area contributed by atoms with E-state index in [0.29, 0.717) is 16.6 Å². The number of nitro groups is 1. The topological polar surface area (TPSA) is 80.1 Å². The summed E-state index contributed by atoms with van der Waals surface area (Å²) in [6.45, 7) is 1.96. The molecule has 6 heteroatoms. The van der Waals surface area contributed by atoms with E-state index in [0.717, 1.165) is 32.4 Å². The Bertz CT molecular complexity index is 651. The van der Waals surface area contributed by atoms with E-state index < -0.39 is 0 Å². The van der Waals surface area contributed by atoms with Crippen LogP contribution < -0.4 is 10.6 Å². The Balaban J connectivity index is 1.97. The van der Waals surface area contributed by atoms with Crippen LogP contribution in [0.5, 0.6) is 0 Å². The zero-order chi connectivity index (χ0) is 14.7. The van der Waals surface area contributed by atoms with E-state index in [1.807, 2.05) is 6.07 Å². The highest BCUT2D eigenvalue weighted by Crippen LogP contribution is 2.33. The molecular formula is C15H18N4O2. The molecule has 21 heavy (non-hydrogen) atoms. The molecule has 1 aliphatic heterocycles. The summed E-state index contributed by atoms with van der Waals surface area (Å²) >= 11 is 0. The molecule has 110 valence electrons. The second kappa shape index (κ2) is 6.05. The molecule has 0 aliphatic carbocycles. The average Bonchev–Trinajstić information content (AvgIpc) is 2.75. The fourth-order valence-corrected chi connectivity index (χ4v) is 2.83. The van der Waals surface area contributed by atoms with Gasteiger partial charge >= 0.3 is 5.69 Å². The van der Waals surface area contributed by atoms with Crippen molar-refractivity contribution in [1.29, 1.82) is 0 Å². The van der Waals surface area contributed by atoms with Gasteiger partial charge in [-0.15, -0.1) is 0 Å². The molecule has 2 N–H and O–H groups in total. The second-order valence-corrected chi connectivity index (χ2v) is 5.31. The van der Waals surface area contributed by atoms with Crippen molar-refractivity contribution in [3.63, 3.8) is 0 Å². The summed E-state index contributed by atoms with van der Waals surface area (Å²) in [6.07, 6.45) is 4.73. The number of nitrogens with zero attached hydrogens (tertiary/aromatic N) is 2. The zero-order valence-corrected chi connectivity index (χ0v) is 11.7. The fourth-order valence-electron chi connectivity index (χ4n) is 2.83. The van der Waals surface area contributed by atoms with Crippen molar-refractivity contribution in [2.45, 2.75) is 25.3 Å². The van der Waals surface area contributed by atoms with Gasteiger partial charge in [0.05, 0.1) is 15.8 Å². The third-order valence-corrected chi connectivity index (χ3v) is 3.87. The van der Waals surface area contributed by atoms with Crippen LogP contribution >= 0.6 is 0 Å². The quantitative estimate of drug-likeness (QED) is 0.670. The van der Waals surface area contributed by atoms with Gasteiger partial charge in [-0.05, 0) is 56.6 Å². The number of pyridine rings is 1. The predicted molar refractivity (Wildman–Crippen MR) is 82.5 cm³/mol. The SMILES string of the molecule is O=[N+]([O-])c1c(NC2CCCNCC2)ccc2ncccc12. The van der Waals surface area contributed by atoms with Crippen LogP contribution in [0.25, 0.3) is 10.9 Å². The van der Waals surface area contributed by atoms with Crippen LogP contribution in [0.15, 0.2) is 30.5 Å². The van der Waals surface area contributed by atoms with Crippen molar-refractivity contribution in [3.8, 4) is 0 Å². The Morgan fingerprint density at radius 3 is 3.05 bits per heavy atom. The number of fused-ring (bicyclic) bond motifs is 1. The molecule has 1 saturated heterocycles. The van der Waals surface area contributed by atoms with E-state index in [1.54, 1.807) is 24.4 Å². The van der Waals surface area contributed by atoms with Gasteiger partial charge in [0.15, 0.2) is 0 Å². The minimum atomic E-state index is -0.318. The normalized spacial score (nSPS) is 19.1. The van der Waals surface area contributed by atoms with Gasteiger partial charge in [0.1, 0.15) is 5.69 Å². The van der Waals surface area contributed by atoms with Crippen molar-refractivity contribution in [2.24, 2.45) is 0 Å². The first kappa shape index (κ1) is 13.8. The molecule has 1 unspecified atom stereocenters. The average molecular weight is 286 g/mol. The molecule has 1 atom stereocenters. The Morgan fingerprint density at radius 2 is 2.19 bits per heavy atom. The molecule has 0 radical (unpaired) electrons. The maximum absolute atomic E-state index is 11.5. The Labute approximate surface area is 122 Å². The molecule has 2 aromatic rings. The van der Waals surface area contributed by atoms with Gasteiger partial charge in [0, 0.05) is 12.2 Å². The van der Waals surface area contributed by atoms with E-state index in [9.17, 15) is 10.1 Å². The number of rotatable bonds is 3. The number of benzene rings is 1. The fraction of sp³-hybridized carbons (Fsp3) is 0.400. The van der Waals surface area contributed by atoms with Gasteiger partial charge < -0.3 is 10.6 Å². The van der Waals surface area contributed by atoms with Crippen molar-refractivity contribution >= 4 is 22.3 Å². The van der Waals surface area contributed by atoms with Crippen LogP contribution in [0.4, 0.5) is 11.4 Å². The lowest BCUT2D eigenvalue weighted by Gasteiger charge is -2.17. The first-order valence-corrected chi connectivity index (χ1v) is 7.25. The maximum Gasteiger partial charge on any atom is 0.301 e. The molecule has 0 saturated carbocycles. The third-order valence-electron chi connectivity index (χ3n) is 3.87. The van der Waals surface area contributed by atoms with Gasteiger partial charge in [-0.1, -0.05) is 0 Å². The summed E-state index contributed by atoms with van der Waals surface area (Å²) in [4.78, 5) is 15.3. The number of nitro benzene ring substituents is 1. The van der Waals surface area contributed by atoms with Crippen LogP contribution in [0.1, 0.15) is 19.3 Å². The van der Waals surface area contributed by atoms with E-state index in [2.05, 4.69) is 15.6 Å². The molecule has 1 aromatic carbocycles. The Kier molecular flexibility index (Phi) is 3.96. The molecule has 0 amide bonds. The van der Waals surface area contributed by atoms with Crippen molar-refractivity contribution in [2.75, 3.05) is 18.4 Å². The van der Waals surface area contributed by atoms with Crippen LogP contribution in [0.2, 0.25) is 0 Å². The van der Waals surface area contributed by atoms with Crippen molar-refractivity contribution in [3.05, 3.63) is 40.6 Å². The molecular weight excluding hydrogens is 268 g/mol. The summed E-state index contributed by atoms with van der Waals surface area (Å²) in [5.41, 5.74) is 1.36. The number of hydrogen-bond donors (Lipinski definition) is 2. The van der Waals surface area contributed by atoms with Gasteiger partial charge in [0.2, 0.25) is 0 Å². The summed E-state index contributed by atoms with van der Waals surface area (Å²) in [7, 11) is 0. The summed E-state index contributed by atoms with van der Waals surface area (Å²) in [6, 6.07) is 7.35. The molecule has 2 heterocycles. The third kappa shape index (κ3) is 2.95. The van der Waals surface area contributed by atoms with Gasteiger partial charge in [-0.2, -0.15) is 0 Å². The lowest BCUT2D eigenvalue weighted by molar-refractivity contribution is -0.382. The van der Waals surface area contributed by atoms with Crippen LogP contribution in [-0.2, 0) is 0 Å². The highest BCUT2D eigenvalue weighted by Gasteiger charge is 2.21. The standard InChI is InChI=1S/C15H18N4O2/c20-19(21)15-12-4-2-9-17-13(12)5-6-14(15)18-11-3-1-8-16-10-7-11/h2,4-6,9,11,16,18H,1,3,7-8,10H2. The van der Waals surface area contributed by atoms with Crippen LogP contribution in [-0.4, -0.2) is 29.0 Å². The second-order valence-electron chi connectivity index (χ2n) is 5.31. The van der Waals surface area contributed by atoms with E-state index in [1.165, 1.54) is 0 Å². The van der Waals surface area contributed by atoms with E-state index in [4.69, 9.17) is 0 Å². The number of nitrogens with one attached hydrogen (secondary N) is 2. The van der Waals surface area contributed by atoms with Gasteiger partial charge in [-0.3, -0.25) is 15.1 Å². The van der Waals surface area contributed by atoms with Gasteiger partial charge in [0.25, 0.3) is 0 Å². The van der Waals surface area contributed by atoms with Crippen molar-refractivity contribution < 1.29 is 4.92 Å². The molecule has 1 aliphatic rings. The molecule has 0 spiro atoms. The monoisotopic (exact) mass is 286 g/mol. The van der Waals surface area contributed by atoms with Crippen molar-refractivity contribution in [1.82, 2.24) is 10.3 Å². The number of anilines is 1. The largest absolute Gasteiger partial charge is 0.377 e. The molecule has 3 rings (SSSR count). The minimum Gasteiger partial charge on any atom is -0.377 e. The maximum atomic E-state index is 11.5.